The molecule has 11 nitrogen and oxygen atoms in total. The van der Waals surface area contributed by atoms with Crippen molar-refractivity contribution in [1.29, 1.82) is 0 Å². The van der Waals surface area contributed by atoms with E-state index < -0.39 is 67.6 Å². The molecule has 1 unspecified atom stereocenters. The maximum absolute atomic E-state index is 12.0. The van der Waals surface area contributed by atoms with E-state index in [-0.39, 0.29) is 6.61 Å². The van der Waals surface area contributed by atoms with Gasteiger partial charge in [0, 0.05) is 0 Å². The Morgan fingerprint density at radius 3 is 2.30 bits per heavy atom. The summed E-state index contributed by atoms with van der Waals surface area (Å²) in [6, 6.07) is -1.27. The second kappa shape index (κ2) is 10.2. The molecule has 0 aliphatic carbocycles. The van der Waals surface area contributed by atoms with Crippen molar-refractivity contribution in [3.05, 3.63) is 0 Å². The molecule has 6 atom stereocenters. The molecule has 1 fully saturated rings. The molecular formula is C16H29NO10. The van der Waals surface area contributed by atoms with E-state index in [1.54, 1.807) is 27.7 Å². The first-order valence-electron chi connectivity index (χ1n) is 8.58. The van der Waals surface area contributed by atoms with Crippen molar-refractivity contribution in [2.45, 2.75) is 70.0 Å². The lowest BCUT2D eigenvalue weighted by Gasteiger charge is -2.39. The van der Waals surface area contributed by atoms with E-state index in [4.69, 9.17) is 24.1 Å². The number of aliphatic hydroxyl groups is 4. The highest BCUT2D eigenvalue weighted by molar-refractivity contribution is 5.81. The van der Waals surface area contributed by atoms with Crippen LogP contribution in [0.1, 0.15) is 27.7 Å². The number of hydrogen-bond acceptors (Lipinski definition) is 10. The number of rotatable bonds is 7. The van der Waals surface area contributed by atoms with Crippen molar-refractivity contribution in [3.63, 3.8) is 0 Å². The predicted octanol–water partition coefficient (Wildman–Crippen LogP) is -1.74. The van der Waals surface area contributed by atoms with E-state index in [2.05, 4.69) is 5.32 Å². The zero-order valence-electron chi connectivity index (χ0n) is 15.8. The minimum absolute atomic E-state index is 0.0609. The van der Waals surface area contributed by atoms with Crippen molar-refractivity contribution in [2.75, 3.05) is 19.8 Å². The van der Waals surface area contributed by atoms with Gasteiger partial charge in [-0.1, -0.05) is 0 Å². The van der Waals surface area contributed by atoms with Gasteiger partial charge in [0.15, 0.2) is 12.3 Å². The molecule has 0 bridgehead atoms. The maximum atomic E-state index is 12.0. The van der Waals surface area contributed by atoms with Crippen LogP contribution >= 0.6 is 0 Å². The Morgan fingerprint density at radius 1 is 1.15 bits per heavy atom. The van der Waals surface area contributed by atoms with Gasteiger partial charge >= 0.3 is 12.1 Å². The van der Waals surface area contributed by atoms with Gasteiger partial charge in [-0.3, -0.25) is 0 Å². The molecule has 27 heavy (non-hydrogen) atoms. The number of ether oxygens (including phenoxy) is 4. The zero-order valence-corrected chi connectivity index (χ0v) is 15.8. The summed E-state index contributed by atoms with van der Waals surface area (Å²) in [6.45, 7) is 5.50. The molecule has 0 radical (unpaired) electrons. The summed E-state index contributed by atoms with van der Waals surface area (Å²) in [7, 11) is 0. The topological polar surface area (TPSA) is 164 Å². The summed E-state index contributed by atoms with van der Waals surface area (Å²) in [5.41, 5.74) is -0.790. The molecule has 0 aromatic heterocycles. The molecular weight excluding hydrogens is 366 g/mol. The minimum atomic E-state index is -1.63. The molecule has 158 valence electrons. The van der Waals surface area contributed by atoms with E-state index >= 15 is 0 Å². The van der Waals surface area contributed by atoms with E-state index in [0.29, 0.717) is 0 Å². The van der Waals surface area contributed by atoms with Gasteiger partial charge in [0.2, 0.25) is 0 Å². The van der Waals surface area contributed by atoms with Gasteiger partial charge in [0.25, 0.3) is 0 Å². The van der Waals surface area contributed by atoms with Crippen LogP contribution in [0.4, 0.5) is 4.79 Å². The summed E-state index contributed by atoms with van der Waals surface area (Å²) >= 11 is 0. The SMILES string of the molecule is CCOC(=O)C(CO[C@@H]1O[C@H](CO)[C@H](O)[C@H](O)[C@H]1O)NC(=O)OC(C)(C)C. The number of carbonyl (C=O) groups excluding carboxylic acids is 2. The van der Waals surface area contributed by atoms with Gasteiger partial charge < -0.3 is 44.7 Å². The summed E-state index contributed by atoms with van der Waals surface area (Å²) < 4.78 is 20.4. The molecule has 1 amide bonds. The van der Waals surface area contributed by atoms with Gasteiger partial charge in [-0.2, -0.15) is 0 Å². The lowest BCUT2D eigenvalue weighted by atomic mass is 9.99. The average molecular weight is 395 g/mol. The van der Waals surface area contributed by atoms with Crippen LogP contribution in [0.25, 0.3) is 0 Å². The predicted molar refractivity (Wildman–Crippen MR) is 89.5 cm³/mol. The molecule has 0 aromatic rings. The lowest BCUT2D eigenvalue weighted by Crippen LogP contribution is -2.60. The van der Waals surface area contributed by atoms with Gasteiger partial charge in [-0.15, -0.1) is 0 Å². The van der Waals surface area contributed by atoms with E-state index in [0.717, 1.165) is 0 Å². The highest BCUT2D eigenvalue weighted by Gasteiger charge is 2.44. The third kappa shape index (κ3) is 7.20. The summed E-state index contributed by atoms with van der Waals surface area (Å²) in [4.78, 5) is 23.9. The Morgan fingerprint density at radius 2 is 1.78 bits per heavy atom. The van der Waals surface area contributed by atoms with Crippen LogP contribution in [0.15, 0.2) is 0 Å². The van der Waals surface area contributed by atoms with Crippen LogP contribution < -0.4 is 5.32 Å². The summed E-state index contributed by atoms with van der Waals surface area (Å²) in [6.07, 6.45) is -8.28. The van der Waals surface area contributed by atoms with Crippen molar-refractivity contribution in [3.8, 4) is 0 Å². The zero-order chi connectivity index (χ0) is 20.8. The van der Waals surface area contributed by atoms with Crippen LogP contribution in [-0.4, -0.2) is 94.7 Å². The van der Waals surface area contributed by atoms with Gasteiger partial charge in [0.1, 0.15) is 30.0 Å². The highest BCUT2D eigenvalue weighted by atomic mass is 16.7. The number of nitrogens with one attached hydrogen (secondary N) is 1. The van der Waals surface area contributed by atoms with Crippen LogP contribution in [0, 0.1) is 0 Å². The van der Waals surface area contributed by atoms with Gasteiger partial charge in [-0.25, -0.2) is 9.59 Å². The minimum Gasteiger partial charge on any atom is -0.464 e. The molecule has 0 saturated carbocycles. The van der Waals surface area contributed by atoms with Crippen LogP contribution in [0.5, 0.6) is 0 Å². The van der Waals surface area contributed by atoms with E-state index in [9.17, 15) is 24.9 Å². The Kier molecular flexibility index (Phi) is 8.85. The van der Waals surface area contributed by atoms with Crippen LogP contribution in [-0.2, 0) is 23.7 Å². The number of amides is 1. The third-order valence-electron chi connectivity index (χ3n) is 3.54. The Hall–Kier alpha value is -1.50. The molecule has 5 N–H and O–H groups in total. The van der Waals surface area contributed by atoms with Crippen LogP contribution in [0.2, 0.25) is 0 Å². The quantitative estimate of drug-likeness (QED) is 0.313. The fraction of sp³-hybridized carbons (Fsp3) is 0.875. The van der Waals surface area contributed by atoms with Crippen molar-refractivity contribution >= 4 is 12.1 Å². The first kappa shape index (κ1) is 23.5. The summed E-state index contributed by atoms with van der Waals surface area (Å²) in [5.74, 6) is -0.798. The molecule has 1 rings (SSSR count). The highest BCUT2D eigenvalue weighted by Crippen LogP contribution is 2.22. The van der Waals surface area contributed by atoms with Crippen molar-refractivity contribution in [2.24, 2.45) is 0 Å². The van der Waals surface area contributed by atoms with Gasteiger partial charge in [-0.05, 0) is 27.7 Å². The molecule has 1 saturated heterocycles. The number of aliphatic hydroxyl groups excluding tert-OH is 4. The standard InChI is InChI=1S/C16H29NO10/c1-5-24-13(22)8(17-15(23)27-16(2,3)4)7-25-14-12(21)11(20)10(19)9(6-18)26-14/h8-12,14,18-21H,5-7H2,1-4H3,(H,17,23)/t8?,9-,10+,11+,12-,14-/m1/s1. The van der Waals surface area contributed by atoms with Crippen LogP contribution in [0.3, 0.4) is 0 Å². The molecule has 1 aliphatic rings. The molecule has 0 aromatic carbocycles. The Labute approximate surface area is 157 Å². The number of carbonyl (C=O) groups is 2. The van der Waals surface area contributed by atoms with E-state index in [1.165, 1.54) is 0 Å². The average Bonchev–Trinajstić information content (AvgIpc) is 2.56. The first-order valence-corrected chi connectivity index (χ1v) is 8.58. The number of alkyl carbamates (subject to hydrolysis) is 1. The Balaban J connectivity index is 2.74. The normalized spacial score (nSPS) is 29.7. The van der Waals surface area contributed by atoms with Gasteiger partial charge in [0.05, 0.1) is 19.8 Å². The summed E-state index contributed by atoms with van der Waals surface area (Å²) in [5, 5.41) is 40.9. The maximum Gasteiger partial charge on any atom is 0.408 e. The first-order chi connectivity index (χ1) is 12.5. The second-order valence-electron chi connectivity index (χ2n) is 6.98. The number of esters is 1. The smallest absolute Gasteiger partial charge is 0.408 e. The Bertz CT molecular complexity index is 492. The van der Waals surface area contributed by atoms with E-state index in [1.807, 2.05) is 0 Å². The third-order valence-corrected chi connectivity index (χ3v) is 3.54. The largest absolute Gasteiger partial charge is 0.464 e. The fourth-order valence-corrected chi connectivity index (χ4v) is 2.26. The fourth-order valence-electron chi connectivity index (χ4n) is 2.26. The monoisotopic (exact) mass is 395 g/mol. The second-order valence-corrected chi connectivity index (χ2v) is 6.98. The molecule has 11 heteroatoms. The molecule has 1 heterocycles. The molecule has 0 spiro atoms. The van der Waals surface area contributed by atoms with Crippen molar-refractivity contribution in [1.82, 2.24) is 5.32 Å². The number of hydrogen-bond donors (Lipinski definition) is 5. The lowest BCUT2D eigenvalue weighted by molar-refractivity contribution is -0.301. The van der Waals surface area contributed by atoms with Crippen molar-refractivity contribution < 1.29 is 49.0 Å². The molecule has 1 aliphatic heterocycles.